The van der Waals surface area contributed by atoms with Gasteiger partial charge in [0.15, 0.2) is 6.35 Å². The minimum atomic E-state index is -0.601. The Bertz CT molecular complexity index is 976. The first-order chi connectivity index (χ1) is 23.8. The summed E-state index contributed by atoms with van der Waals surface area (Å²) in [5, 5.41) is 21.2. The van der Waals surface area contributed by atoms with Gasteiger partial charge in [-0.1, -0.05) is 12.1 Å². The lowest BCUT2D eigenvalue weighted by atomic mass is 10.2. The second-order valence-electron chi connectivity index (χ2n) is 12.1. The molecule has 17 nitrogen and oxygen atoms in total. The zero-order valence-corrected chi connectivity index (χ0v) is 30.0. The summed E-state index contributed by atoms with van der Waals surface area (Å²) in [5.41, 5.74) is 0.532. The lowest BCUT2D eigenvalue weighted by Gasteiger charge is -2.23. The van der Waals surface area contributed by atoms with E-state index < -0.39 is 6.35 Å². The van der Waals surface area contributed by atoms with Crippen molar-refractivity contribution >= 4 is 12.3 Å². The van der Waals surface area contributed by atoms with E-state index in [1.165, 1.54) is 0 Å². The molecule has 2 unspecified atom stereocenters. The molecule has 2 N–H and O–H groups in total. The fourth-order valence-corrected chi connectivity index (χ4v) is 4.59. The molecule has 1 aliphatic heterocycles. The van der Waals surface area contributed by atoms with Gasteiger partial charge in [0.2, 0.25) is 12.3 Å². The molecular weight excluding hydrogens is 642 g/mol. The molecule has 0 saturated carbocycles. The molecule has 49 heavy (non-hydrogen) atoms. The van der Waals surface area contributed by atoms with Crippen molar-refractivity contribution < 1.29 is 47.9 Å². The van der Waals surface area contributed by atoms with Crippen LogP contribution < -0.4 is 5.32 Å². The quantitative estimate of drug-likeness (QED) is 0.0555. The molecule has 2 heterocycles. The van der Waals surface area contributed by atoms with E-state index in [-0.39, 0.29) is 24.9 Å². The number of carbonyl (C=O) groups is 2. The number of ether oxygens (including phenoxy) is 7. The van der Waals surface area contributed by atoms with Crippen molar-refractivity contribution in [3.05, 3.63) is 11.9 Å². The van der Waals surface area contributed by atoms with Gasteiger partial charge in [-0.15, -0.1) is 5.10 Å². The molecule has 3 atom stereocenters. The van der Waals surface area contributed by atoms with Crippen LogP contribution in [0, 0.1) is 5.92 Å². The van der Waals surface area contributed by atoms with Crippen LogP contribution in [0.25, 0.3) is 0 Å². The van der Waals surface area contributed by atoms with Crippen molar-refractivity contribution in [1.82, 2.24) is 35.0 Å². The Hall–Kier alpha value is -2.16. The maximum absolute atomic E-state index is 12.4. The van der Waals surface area contributed by atoms with Crippen LogP contribution in [0.5, 0.6) is 0 Å². The summed E-state index contributed by atoms with van der Waals surface area (Å²) in [6, 6.07) is 0.0245. The number of likely N-dealkylation sites (tertiary alicyclic amines) is 1. The topological polar surface area (TPSA) is 171 Å². The third kappa shape index (κ3) is 21.0. The average Bonchev–Trinajstić information content (AvgIpc) is 3.73. The van der Waals surface area contributed by atoms with Crippen molar-refractivity contribution in [3.63, 3.8) is 0 Å². The molecule has 1 fully saturated rings. The number of hydrogen-bond acceptors (Lipinski definition) is 15. The van der Waals surface area contributed by atoms with E-state index in [1.807, 2.05) is 30.8 Å². The molecule has 0 aliphatic carbocycles. The second-order valence-corrected chi connectivity index (χ2v) is 12.1. The monoisotopic (exact) mass is 703 g/mol. The molecular formula is C32H61N7O10. The van der Waals surface area contributed by atoms with Gasteiger partial charge in [-0.3, -0.25) is 24.7 Å². The Morgan fingerprint density at radius 2 is 1.43 bits per heavy atom. The van der Waals surface area contributed by atoms with Crippen LogP contribution in [0.1, 0.15) is 32.4 Å². The predicted octanol–water partition coefficient (Wildman–Crippen LogP) is -0.573. The van der Waals surface area contributed by atoms with Gasteiger partial charge in [-0.05, 0) is 33.4 Å². The molecule has 0 radical (unpaired) electrons. The average molecular weight is 704 g/mol. The number of nitrogens with one attached hydrogen (secondary N) is 1. The lowest BCUT2D eigenvalue weighted by Crippen LogP contribution is -2.45. The maximum atomic E-state index is 12.4. The molecule has 0 bridgehead atoms. The molecule has 2 rings (SSSR count). The first kappa shape index (κ1) is 43.0. The lowest BCUT2D eigenvalue weighted by molar-refractivity contribution is -0.139. The normalized spacial score (nSPS) is 16.4. The van der Waals surface area contributed by atoms with Gasteiger partial charge in [0.05, 0.1) is 112 Å². The van der Waals surface area contributed by atoms with E-state index in [1.54, 1.807) is 10.9 Å². The van der Waals surface area contributed by atoms with E-state index in [0.717, 1.165) is 24.4 Å². The van der Waals surface area contributed by atoms with Crippen molar-refractivity contribution in [2.24, 2.45) is 5.92 Å². The summed E-state index contributed by atoms with van der Waals surface area (Å²) >= 11 is 0. The summed E-state index contributed by atoms with van der Waals surface area (Å²) in [6.45, 7) is 13.8. The number of imide groups is 1. The van der Waals surface area contributed by atoms with Gasteiger partial charge >= 0.3 is 0 Å². The second kappa shape index (κ2) is 27.5. The summed E-state index contributed by atoms with van der Waals surface area (Å²) in [6.07, 6.45) is 3.01. The molecule has 1 aromatic heterocycles. The van der Waals surface area contributed by atoms with Gasteiger partial charge in [0.25, 0.3) is 0 Å². The van der Waals surface area contributed by atoms with Crippen LogP contribution in [0.2, 0.25) is 0 Å². The molecule has 2 amide bonds. The first-order valence-electron chi connectivity index (χ1n) is 17.3. The standard InChI is InChI=1S/C32H61N7O10/c1-28-5-7-37(24-28)32(42)33-6-9-43-11-13-45-15-17-47-19-21-49-22-20-48-18-16-46-14-12-44-10-8-39-26-30(34-35-39)25-38(27-40)31(41)23-29(2)36(3)4/h26-29,32-33,42H,5-25H2,1-4H3/t28-,29?,32?/m0/s1. The number of rotatable bonds is 32. The zero-order valence-electron chi connectivity index (χ0n) is 30.0. The van der Waals surface area contributed by atoms with Crippen molar-refractivity contribution in [2.75, 3.05) is 126 Å². The number of carbonyl (C=O) groups excluding carboxylic acids is 2. The maximum Gasteiger partial charge on any atom is 0.230 e. The van der Waals surface area contributed by atoms with Crippen molar-refractivity contribution in [2.45, 2.75) is 52.2 Å². The molecule has 1 aromatic rings. The van der Waals surface area contributed by atoms with E-state index in [0.29, 0.717) is 124 Å². The first-order valence-corrected chi connectivity index (χ1v) is 17.3. The van der Waals surface area contributed by atoms with Crippen LogP contribution in [0.15, 0.2) is 6.20 Å². The predicted molar refractivity (Wildman–Crippen MR) is 179 cm³/mol. The van der Waals surface area contributed by atoms with Crippen LogP contribution in [-0.2, 0) is 55.8 Å². The third-order valence-electron chi connectivity index (χ3n) is 7.79. The van der Waals surface area contributed by atoms with E-state index in [2.05, 4.69) is 22.6 Å². The molecule has 284 valence electrons. The van der Waals surface area contributed by atoms with Gasteiger partial charge in [0, 0.05) is 32.1 Å². The van der Waals surface area contributed by atoms with Crippen LogP contribution in [0.3, 0.4) is 0 Å². The SMILES string of the molecule is CC(CC(=O)N(C=O)Cc1cn(CCOCCOCCOCCOCCOCCOCCOCCNC(O)N2CC[C@H](C)C2)nn1)N(C)C. The number of nitrogens with zero attached hydrogens (tertiary/aromatic N) is 6. The summed E-state index contributed by atoms with van der Waals surface area (Å²) < 4.78 is 40.2. The Morgan fingerprint density at radius 3 is 1.90 bits per heavy atom. The van der Waals surface area contributed by atoms with Crippen molar-refractivity contribution in [3.8, 4) is 0 Å². The van der Waals surface area contributed by atoms with Gasteiger partial charge in [0.1, 0.15) is 5.69 Å². The Morgan fingerprint density at radius 1 is 0.918 bits per heavy atom. The van der Waals surface area contributed by atoms with Crippen molar-refractivity contribution in [1.29, 1.82) is 0 Å². The highest BCUT2D eigenvalue weighted by Crippen LogP contribution is 2.15. The molecule has 0 spiro atoms. The summed E-state index contributed by atoms with van der Waals surface area (Å²) in [7, 11) is 3.78. The van der Waals surface area contributed by atoms with Gasteiger partial charge < -0.3 is 43.2 Å². The fraction of sp³-hybridized carbons (Fsp3) is 0.875. The number of aliphatic hydroxyl groups is 1. The number of amides is 2. The van der Waals surface area contributed by atoms with Crippen LogP contribution in [-0.4, -0.2) is 186 Å². The molecule has 0 aromatic carbocycles. The number of hydrogen-bond donors (Lipinski definition) is 2. The Labute approximate surface area is 291 Å². The summed E-state index contributed by atoms with van der Waals surface area (Å²) in [4.78, 5) is 28.9. The minimum absolute atomic E-state index is 0.0245. The Kier molecular flexibility index (Phi) is 24.2. The fourth-order valence-electron chi connectivity index (χ4n) is 4.59. The summed E-state index contributed by atoms with van der Waals surface area (Å²) in [5.74, 6) is 0.384. The highest BCUT2D eigenvalue weighted by molar-refractivity contribution is 5.86. The molecule has 17 heteroatoms. The number of aromatic nitrogens is 3. The van der Waals surface area contributed by atoms with Crippen LogP contribution >= 0.6 is 0 Å². The van der Waals surface area contributed by atoms with Crippen LogP contribution in [0.4, 0.5) is 0 Å². The Balaban J connectivity index is 1.27. The third-order valence-corrected chi connectivity index (χ3v) is 7.79. The van der Waals surface area contributed by atoms with Gasteiger partial charge in [-0.25, -0.2) is 4.68 Å². The highest BCUT2D eigenvalue weighted by atomic mass is 16.6. The van der Waals surface area contributed by atoms with E-state index in [9.17, 15) is 14.7 Å². The molecule has 1 saturated heterocycles. The number of aliphatic hydroxyl groups excluding tert-OH is 1. The van der Waals surface area contributed by atoms with E-state index >= 15 is 0 Å². The minimum Gasteiger partial charge on any atom is -0.378 e. The largest absolute Gasteiger partial charge is 0.378 e. The molecule has 1 aliphatic rings. The smallest absolute Gasteiger partial charge is 0.230 e. The zero-order chi connectivity index (χ0) is 35.5. The van der Waals surface area contributed by atoms with Gasteiger partial charge in [-0.2, -0.15) is 0 Å². The van der Waals surface area contributed by atoms with E-state index in [4.69, 9.17) is 33.2 Å². The highest BCUT2D eigenvalue weighted by Gasteiger charge is 2.23.